The highest BCUT2D eigenvalue weighted by Gasteiger charge is 2.31. The average molecular weight is 885 g/mol. The molecule has 4 aromatic carbocycles. The third kappa shape index (κ3) is 13.7. The molecule has 5 rings (SSSR count). The van der Waals surface area contributed by atoms with Gasteiger partial charge in [0, 0.05) is 42.4 Å². The zero-order chi connectivity index (χ0) is 45.5. The lowest BCUT2D eigenvalue weighted by Gasteiger charge is -2.22. The van der Waals surface area contributed by atoms with Gasteiger partial charge in [-0.1, -0.05) is 179 Å². The van der Waals surface area contributed by atoms with Gasteiger partial charge in [-0.05, 0) is 25.7 Å². The number of fused-ring (bicyclic) bond motifs is 4. The Morgan fingerprint density at radius 2 is 0.516 bits per heavy atom. The molecule has 12 nitrogen and oxygen atoms in total. The first-order valence-electron chi connectivity index (χ1n) is 23.9. The molecule has 0 unspecified atom stereocenters. The van der Waals surface area contributed by atoms with E-state index >= 15 is 0 Å². The molecule has 0 fully saturated rings. The van der Waals surface area contributed by atoms with Crippen molar-refractivity contribution in [2.24, 2.45) is 0 Å². The lowest BCUT2D eigenvalue weighted by Crippen LogP contribution is -2.18. The largest absolute Gasteiger partial charge is 0.513 e. The van der Waals surface area contributed by atoms with E-state index in [9.17, 15) is 19.2 Å². The first-order valence-corrected chi connectivity index (χ1v) is 23.9. The molecule has 0 saturated heterocycles. The molecule has 0 saturated carbocycles. The van der Waals surface area contributed by atoms with Gasteiger partial charge in [-0.2, -0.15) is 0 Å². The van der Waals surface area contributed by atoms with Gasteiger partial charge in [0.25, 0.3) is 0 Å². The van der Waals surface area contributed by atoms with Crippen molar-refractivity contribution in [1.29, 1.82) is 0 Å². The predicted molar refractivity (Wildman–Crippen MR) is 246 cm³/mol. The number of carbonyl (C=O) groups excluding carboxylic acids is 4. The van der Waals surface area contributed by atoms with Gasteiger partial charge in [0.1, 0.15) is 0 Å². The number of hydrogen-bond acceptors (Lipinski definition) is 12. The van der Waals surface area contributed by atoms with Gasteiger partial charge in [-0.3, -0.25) is 0 Å². The maximum absolute atomic E-state index is 13.6. The van der Waals surface area contributed by atoms with Gasteiger partial charge in [-0.15, -0.1) is 0 Å². The quantitative estimate of drug-likeness (QED) is 0.0204. The van der Waals surface area contributed by atoms with Gasteiger partial charge in [0.15, 0.2) is 23.0 Å². The molecule has 0 spiro atoms. The number of rotatable bonds is 28. The minimum Gasteiger partial charge on any atom is -0.434 e. The Labute approximate surface area is 377 Å². The Morgan fingerprint density at radius 3 is 0.719 bits per heavy atom. The molecule has 0 radical (unpaired) electrons. The van der Waals surface area contributed by atoms with Crippen molar-refractivity contribution in [2.75, 3.05) is 26.4 Å². The van der Waals surface area contributed by atoms with Crippen LogP contribution in [0.4, 0.5) is 19.2 Å². The first-order chi connectivity index (χ1) is 31.3. The number of unbranched alkanes of at least 4 members (excludes halogenated alkanes) is 16. The SMILES string of the molecule is CCCCCCCOC(=O)Oc1c2c(c(OC(=O)OCCCCCCC)c3ccccc13)=c1c(OC(=O)OCCCCCCC)c3ccccc3c(OC(=O)OCCCCCCC)c1=2. The summed E-state index contributed by atoms with van der Waals surface area (Å²) in [5.74, 6) is 0.318. The minimum absolute atomic E-state index is 0.0794. The predicted octanol–water partition coefficient (Wildman–Crippen LogP) is 14.8. The van der Waals surface area contributed by atoms with Crippen molar-refractivity contribution in [3.63, 3.8) is 0 Å². The van der Waals surface area contributed by atoms with E-state index in [4.69, 9.17) is 37.9 Å². The third-order valence-corrected chi connectivity index (χ3v) is 11.4. The summed E-state index contributed by atoms with van der Waals surface area (Å²) in [6, 6.07) is 14.0. The van der Waals surface area contributed by atoms with Crippen molar-refractivity contribution < 1.29 is 57.1 Å². The highest BCUT2D eigenvalue weighted by molar-refractivity contribution is 6.00. The molecule has 4 aromatic rings. The Balaban J connectivity index is 1.68. The van der Waals surface area contributed by atoms with E-state index in [0.717, 1.165) is 103 Å². The monoisotopic (exact) mass is 884 g/mol. The zero-order valence-electron chi connectivity index (χ0n) is 38.5. The van der Waals surface area contributed by atoms with Gasteiger partial charge < -0.3 is 37.9 Å². The van der Waals surface area contributed by atoms with Crippen molar-refractivity contribution in [2.45, 2.75) is 156 Å². The van der Waals surface area contributed by atoms with E-state index in [-0.39, 0.29) is 70.3 Å². The highest BCUT2D eigenvalue weighted by Crippen LogP contribution is 2.47. The summed E-state index contributed by atoms with van der Waals surface area (Å²) in [6.07, 6.45) is 15.4. The minimum atomic E-state index is -0.933. The van der Waals surface area contributed by atoms with Crippen molar-refractivity contribution in [3.8, 4) is 23.0 Å². The summed E-state index contributed by atoms with van der Waals surface area (Å²) in [5, 5.41) is 2.74. The molecule has 1 aliphatic rings. The second kappa shape index (κ2) is 27.0. The Bertz CT molecular complexity index is 2010. The summed E-state index contributed by atoms with van der Waals surface area (Å²) in [6.45, 7) is 9.18. The lowest BCUT2D eigenvalue weighted by atomic mass is 9.91. The van der Waals surface area contributed by atoms with Gasteiger partial charge in [0.2, 0.25) is 0 Å². The standard InChI is InChI=1S/C52H68O12/c1-5-9-13-17-25-33-57-49(53)61-45-37-29-21-22-30-38(37)46(62-50(54)58-34-26-18-14-10-6-2)42-41(45)43-44(42)48(64-52(56)60-36-28-20-16-12-8-4)40-32-24-23-31-39(40)47(43)63-51(55)59-35-27-19-15-11-7-3/h21-24,29-32H,5-20,25-28,33-36H2,1-4H3. The summed E-state index contributed by atoms with van der Waals surface area (Å²) in [5.41, 5.74) is 0. The number of hydrogen-bond donors (Lipinski definition) is 0. The van der Waals surface area contributed by atoms with E-state index in [1.54, 1.807) is 48.5 Å². The fourth-order valence-corrected chi connectivity index (χ4v) is 7.96. The second-order valence-corrected chi connectivity index (χ2v) is 16.4. The fraction of sp³-hybridized carbons (Fsp3) is 0.538. The van der Waals surface area contributed by atoms with E-state index in [1.165, 1.54) is 0 Å². The summed E-state index contributed by atoms with van der Waals surface area (Å²) in [4.78, 5) is 54.2. The van der Waals surface area contributed by atoms with Crippen LogP contribution in [0.25, 0.3) is 21.5 Å². The molecule has 0 heterocycles. The maximum Gasteiger partial charge on any atom is 0.513 e. The van der Waals surface area contributed by atoms with Crippen molar-refractivity contribution in [3.05, 3.63) is 69.4 Å². The number of ether oxygens (including phenoxy) is 8. The fourth-order valence-electron chi connectivity index (χ4n) is 7.96. The molecular formula is C52H68O12. The van der Waals surface area contributed by atoms with Crippen LogP contribution in [0.1, 0.15) is 156 Å². The summed E-state index contributed by atoms with van der Waals surface area (Å²) >= 11 is 0. The van der Waals surface area contributed by atoms with E-state index in [1.807, 2.05) is 0 Å². The van der Waals surface area contributed by atoms with Crippen molar-refractivity contribution >= 4 is 46.2 Å². The molecule has 12 heteroatoms. The topological polar surface area (TPSA) is 142 Å². The highest BCUT2D eigenvalue weighted by atomic mass is 16.7. The number of carbonyl (C=O) groups is 4. The van der Waals surface area contributed by atoms with Crippen LogP contribution in [-0.2, 0) is 18.9 Å². The summed E-state index contributed by atoms with van der Waals surface area (Å²) < 4.78 is 46.8. The Hall–Kier alpha value is -5.52. The summed E-state index contributed by atoms with van der Waals surface area (Å²) in [7, 11) is 0. The molecule has 1 aliphatic carbocycles. The van der Waals surface area contributed by atoms with Crippen LogP contribution < -0.4 is 18.9 Å². The normalized spacial score (nSPS) is 11.3. The third-order valence-electron chi connectivity index (χ3n) is 11.4. The average Bonchev–Trinajstić information content (AvgIpc) is 3.29. The molecule has 64 heavy (non-hydrogen) atoms. The van der Waals surface area contributed by atoms with Gasteiger partial charge in [0.05, 0.1) is 26.4 Å². The number of benzene rings is 4. The molecule has 0 aliphatic heterocycles. The maximum atomic E-state index is 13.6. The van der Waals surface area contributed by atoms with Crippen LogP contribution in [0.2, 0.25) is 0 Å². The molecule has 0 N–H and O–H groups in total. The van der Waals surface area contributed by atoms with Crippen LogP contribution in [0.15, 0.2) is 48.5 Å². The molecular weight excluding hydrogens is 817 g/mol. The van der Waals surface area contributed by atoms with E-state index < -0.39 is 24.6 Å². The molecule has 348 valence electrons. The van der Waals surface area contributed by atoms with E-state index in [2.05, 4.69) is 27.7 Å². The Morgan fingerprint density at radius 1 is 0.312 bits per heavy atom. The zero-order valence-corrected chi connectivity index (χ0v) is 38.5. The molecule has 0 amide bonds. The van der Waals surface area contributed by atoms with Crippen LogP contribution in [0, 0.1) is 20.9 Å². The van der Waals surface area contributed by atoms with Crippen LogP contribution >= 0.6 is 0 Å². The van der Waals surface area contributed by atoms with E-state index in [0.29, 0.717) is 47.2 Å². The van der Waals surface area contributed by atoms with Crippen LogP contribution in [-0.4, -0.2) is 51.0 Å². The smallest absolute Gasteiger partial charge is 0.434 e. The lowest BCUT2D eigenvalue weighted by molar-refractivity contribution is 0.0942. The van der Waals surface area contributed by atoms with Gasteiger partial charge >= 0.3 is 24.6 Å². The molecule has 0 atom stereocenters. The van der Waals surface area contributed by atoms with Gasteiger partial charge in [-0.25, -0.2) is 19.2 Å². The second-order valence-electron chi connectivity index (χ2n) is 16.4. The van der Waals surface area contributed by atoms with Crippen LogP contribution in [0.3, 0.4) is 0 Å². The van der Waals surface area contributed by atoms with Crippen molar-refractivity contribution in [1.82, 2.24) is 0 Å². The molecule has 0 aromatic heterocycles. The van der Waals surface area contributed by atoms with Crippen LogP contribution in [0.5, 0.6) is 23.0 Å². The molecule has 0 bridgehead atoms. The Kier molecular flexibility index (Phi) is 20.8. The first kappa shape index (κ1) is 49.5.